The largest absolute Gasteiger partial charge is 0.490 e. The molecule has 1 saturated heterocycles. The van der Waals surface area contributed by atoms with Gasteiger partial charge in [0.2, 0.25) is 0 Å². The molecule has 0 saturated carbocycles. The van der Waals surface area contributed by atoms with Crippen molar-refractivity contribution in [3.8, 4) is 5.75 Å². The number of nitrogens with zero attached hydrogens (tertiary/aromatic N) is 5. The summed E-state index contributed by atoms with van der Waals surface area (Å²) in [5.41, 5.74) is 2.04. The Labute approximate surface area is 141 Å². The smallest absolute Gasteiger partial charge is 0.176 e. The molecule has 0 aliphatic carbocycles. The zero-order chi connectivity index (χ0) is 16.5. The summed E-state index contributed by atoms with van der Waals surface area (Å²) >= 11 is 0. The summed E-state index contributed by atoms with van der Waals surface area (Å²) in [6.45, 7) is 5.83. The third-order valence-corrected chi connectivity index (χ3v) is 4.39. The minimum Gasteiger partial charge on any atom is -0.490 e. The lowest BCUT2D eigenvalue weighted by molar-refractivity contribution is 0.170. The normalized spacial score (nSPS) is 15.8. The van der Waals surface area contributed by atoms with Crippen molar-refractivity contribution >= 4 is 11.5 Å². The highest BCUT2D eigenvalue weighted by Crippen LogP contribution is 2.22. The minimum atomic E-state index is 0.265. The number of hydrogen-bond acceptors (Lipinski definition) is 5. The fourth-order valence-electron chi connectivity index (χ4n) is 3.06. The van der Waals surface area contributed by atoms with Crippen molar-refractivity contribution in [2.45, 2.75) is 32.8 Å². The first-order chi connectivity index (χ1) is 11.7. The van der Waals surface area contributed by atoms with Gasteiger partial charge in [-0.2, -0.15) is 0 Å². The average molecular weight is 323 g/mol. The number of hydrogen-bond donors (Lipinski definition) is 0. The van der Waals surface area contributed by atoms with Crippen molar-refractivity contribution in [2.24, 2.45) is 0 Å². The third kappa shape index (κ3) is 3.04. The number of ether oxygens (including phenoxy) is 1. The molecule has 4 rings (SSSR count). The van der Waals surface area contributed by atoms with Crippen LogP contribution >= 0.6 is 0 Å². The van der Waals surface area contributed by atoms with E-state index in [4.69, 9.17) is 4.74 Å². The molecule has 6 heteroatoms. The molecule has 124 valence electrons. The standard InChI is InChI=1S/C18H21N5O/c1-13-3-5-15(6-4-13)24-16-9-11-22(12-10-16)18-8-7-17-19-14(2)20-23(17)21-18/h3-8,16H,9-12H2,1-2H3. The van der Waals surface area contributed by atoms with Gasteiger partial charge in [0.1, 0.15) is 17.7 Å². The lowest BCUT2D eigenvalue weighted by Crippen LogP contribution is -2.38. The van der Waals surface area contributed by atoms with Crippen molar-refractivity contribution in [2.75, 3.05) is 18.0 Å². The predicted molar refractivity (Wildman–Crippen MR) is 92.6 cm³/mol. The first kappa shape index (κ1) is 14.9. The van der Waals surface area contributed by atoms with Crippen LogP contribution in [0.25, 0.3) is 5.65 Å². The molecule has 1 aromatic carbocycles. The molecule has 0 unspecified atom stereocenters. The highest BCUT2D eigenvalue weighted by atomic mass is 16.5. The molecular weight excluding hydrogens is 302 g/mol. The highest BCUT2D eigenvalue weighted by Gasteiger charge is 2.22. The Balaban J connectivity index is 1.40. The molecule has 24 heavy (non-hydrogen) atoms. The molecule has 0 N–H and O–H groups in total. The van der Waals surface area contributed by atoms with E-state index in [2.05, 4.69) is 39.1 Å². The number of aromatic nitrogens is 4. The summed E-state index contributed by atoms with van der Waals surface area (Å²) < 4.78 is 7.70. The Morgan fingerprint density at radius 2 is 1.71 bits per heavy atom. The second-order valence-electron chi connectivity index (χ2n) is 6.32. The maximum absolute atomic E-state index is 6.09. The Hall–Kier alpha value is -2.63. The van der Waals surface area contributed by atoms with Gasteiger partial charge in [0, 0.05) is 25.9 Å². The number of benzene rings is 1. The van der Waals surface area contributed by atoms with Crippen LogP contribution < -0.4 is 9.64 Å². The molecule has 0 bridgehead atoms. The van der Waals surface area contributed by atoms with Crippen molar-refractivity contribution in [1.82, 2.24) is 19.8 Å². The minimum absolute atomic E-state index is 0.265. The van der Waals surface area contributed by atoms with Crippen LogP contribution in [0, 0.1) is 13.8 Å². The molecule has 1 aliphatic heterocycles. The van der Waals surface area contributed by atoms with Gasteiger partial charge in [0.05, 0.1) is 0 Å². The molecule has 6 nitrogen and oxygen atoms in total. The van der Waals surface area contributed by atoms with E-state index in [1.165, 1.54) is 5.56 Å². The van der Waals surface area contributed by atoms with E-state index in [9.17, 15) is 0 Å². The van der Waals surface area contributed by atoms with E-state index in [1.807, 2.05) is 31.2 Å². The van der Waals surface area contributed by atoms with Gasteiger partial charge < -0.3 is 9.64 Å². The second-order valence-corrected chi connectivity index (χ2v) is 6.32. The van der Waals surface area contributed by atoms with E-state index in [0.29, 0.717) is 0 Å². The van der Waals surface area contributed by atoms with Crippen molar-refractivity contribution in [3.63, 3.8) is 0 Å². The molecule has 1 aliphatic rings. The van der Waals surface area contributed by atoms with Crippen LogP contribution in [0.5, 0.6) is 5.75 Å². The highest BCUT2D eigenvalue weighted by molar-refractivity contribution is 5.45. The summed E-state index contributed by atoms with van der Waals surface area (Å²) in [5.74, 6) is 2.64. The fraction of sp³-hybridized carbons (Fsp3) is 0.389. The average Bonchev–Trinajstić information content (AvgIpc) is 2.97. The molecule has 0 spiro atoms. The molecular formula is C18H21N5O. The number of anilines is 1. The van der Waals surface area contributed by atoms with Crippen molar-refractivity contribution < 1.29 is 4.74 Å². The zero-order valence-corrected chi connectivity index (χ0v) is 14.0. The Kier molecular flexibility index (Phi) is 3.80. The maximum atomic E-state index is 6.09. The van der Waals surface area contributed by atoms with E-state index in [-0.39, 0.29) is 6.10 Å². The maximum Gasteiger partial charge on any atom is 0.176 e. The SMILES string of the molecule is Cc1ccc(OC2CCN(c3ccc4nc(C)nn4n3)CC2)cc1. The lowest BCUT2D eigenvalue weighted by Gasteiger charge is -2.32. The van der Waals surface area contributed by atoms with Gasteiger partial charge in [0.25, 0.3) is 0 Å². The number of aryl methyl sites for hydroxylation is 2. The third-order valence-electron chi connectivity index (χ3n) is 4.39. The van der Waals surface area contributed by atoms with Gasteiger partial charge in [-0.1, -0.05) is 17.7 Å². The van der Waals surface area contributed by atoms with E-state index >= 15 is 0 Å². The topological polar surface area (TPSA) is 55.5 Å². The van der Waals surface area contributed by atoms with Crippen LogP contribution in [0.1, 0.15) is 24.2 Å². The van der Waals surface area contributed by atoms with Gasteiger partial charge in [0.15, 0.2) is 11.5 Å². The molecule has 0 radical (unpaired) electrons. The monoisotopic (exact) mass is 323 g/mol. The summed E-state index contributed by atoms with van der Waals surface area (Å²) in [5, 5.41) is 8.86. The predicted octanol–water partition coefficient (Wildman–Crippen LogP) is 2.79. The van der Waals surface area contributed by atoms with Crippen LogP contribution in [-0.4, -0.2) is 39.0 Å². The van der Waals surface area contributed by atoms with E-state index in [0.717, 1.165) is 49.0 Å². The second kappa shape index (κ2) is 6.11. The molecule has 3 heterocycles. The summed E-state index contributed by atoms with van der Waals surface area (Å²) in [7, 11) is 0. The summed E-state index contributed by atoms with van der Waals surface area (Å²) in [6.07, 6.45) is 2.25. The molecule has 0 amide bonds. The van der Waals surface area contributed by atoms with Crippen LogP contribution in [0.2, 0.25) is 0 Å². The fourth-order valence-corrected chi connectivity index (χ4v) is 3.06. The Bertz CT molecular complexity index is 834. The van der Waals surface area contributed by atoms with Gasteiger partial charge in [-0.25, -0.2) is 4.98 Å². The molecule has 3 aromatic rings. The van der Waals surface area contributed by atoms with Crippen LogP contribution in [0.4, 0.5) is 5.82 Å². The summed E-state index contributed by atoms with van der Waals surface area (Å²) in [6, 6.07) is 12.3. The van der Waals surface area contributed by atoms with Crippen LogP contribution in [-0.2, 0) is 0 Å². The quantitative estimate of drug-likeness (QED) is 0.742. The first-order valence-corrected chi connectivity index (χ1v) is 8.36. The van der Waals surface area contributed by atoms with Gasteiger partial charge in [-0.3, -0.25) is 0 Å². The van der Waals surface area contributed by atoms with Gasteiger partial charge in [-0.05, 0) is 38.1 Å². The van der Waals surface area contributed by atoms with E-state index < -0.39 is 0 Å². The first-order valence-electron chi connectivity index (χ1n) is 8.36. The zero-order valence-electron chi connectivity index (χ0n) is 14.0. The molecule has 0 atom stereocenters. The number of piperidine rings is 1. The van der Waals surface area contributed by atoms with E-state index in [1.54, 1.807) is 4.63 Å². The van der Waals surface area contributed by atoms with Crippen LogP contribution in [0.3, 0.4) is 0 Å². The van der Waals surface area contributed by atoms with Crippen molar-refractivity contribution in [3.05, 3.63) is 47.8 Å². The Morgan fingerprint density at radius 1 is 0.958 bits per heavy atom. The number of fused-ring (bicyclic) bond motifs is 1. The summed E-state index contributed by atoms with van der Waals surface area (Å²) in [4.78, 5) is 6.60. The van der Waals surface area contributed by atoms with Crippen LogP contribution in [0.15, 0.2) is 36.4 Å². The van der Waals surface area contributed by atoms with Gasteiger partial charge >= 0.3 is 0 Å². The Morgan fingerprint density at radius 3 is 2.46 bits per heavy atom. The molecule has 1 fully saturated rings. The van der Waals surface area contributed by atoms with Gasteiger partial charge in [-0.15, -0.1) is 14.8 Å². The molecule has 2 aromatic heterocycles. The van der Waals surface area contributed by atoms with Crippen molar-refractivity contribution in [1.29, 1.82) is 0 Å². The number of rotatable bonds is 3. The lowest BCUT2D eigenvalue weighted by atomic mass is 10.1.